The SMILES string of the molecule is O=C(Nc1ccccc1)c1nnc2n1C[C@@H]1CN(Cc3ccsc3)C[C@@H]1C2. The Balaban J connectivity index is 1.30. The summed E-state index contributed by atoms with van der Waals surface area (Å²) in [6.45, 7) is 4.00. The topological polar surface area (TPSA) is 63.1 Å². The van der Waals surface area contributed by atoms with E-state index in [2.05, 4.69) is 37.2 Å². The summed E-state index contributed by atoms with van der Waals surface area (Å²) in [6, 6.07) is 11.7. The quantitative estimate of drug-likeness (QED) is 0.757. The zero-order valence-electron chi connectivity index (χ0n) is 14.9. The summed E-state index contributed by atoms with van der Waals surface area (Å²) in [6.07, 6.45) is 0.899. The molecule has 2 atom stereocenters. The van der Waals surface area contributed by atoms with Crippen LogP contribution < -0.4 is 5.32 Å². The molecule has 2 aliphatic heterocycles. The summed E-state index contributed by atoms with van der Waals surface area (Å²) in [5.74, 6) is 2.32. The van der Waals surface area contributed by atoms with Gasteiger partial charge in [-0.25, -0.2) is 0 Å². The molecule has 3 aromatic rings. The zero-order chi connectivity index (χ0) is 18.2. The lowest BCUT2D eigenvalue weighted by molar-refractivity contribution is 0.100. The number of carbonyl (C=O) groups is 1. The highest BCUT2D eigenvalue weighted by Crippen LogP contribution is 2.33. The summed E-state index contributed by atoms with van der Waals surface area (Å²) < 4.78 is 2.02. The molecule has 0 bridgehead atoms. The molecule has 0 unspecified atom stereocenters. The first kappa shape index (κ1) is 16.6. The van der Waals surface area contributed by atoms with Crippen molar-refractivity contribution in [2.24, 2.45) is 11.8 Å². The van der Waals surface area contributed by atoms with Crippen LogP contribution in [-0.2, 0) is 19.5 Å². The molecule has 0 saturated carbocycles. The van der Waals surface area contributed by atoms with Gasteiger partial charge >= 0.3 is 0 Å². The highest BCUT2D eigenvalue weighted by atomic mass is 32.1. The number of fused-ring (bicyclic) bond motifs is 2. The van der Waals surface area contributed by atoms with Crippen LogP contribution in [0, 0.1) is 11.8 Å². The molecule has 138 valence electrons. The number of aromatic nitrogens is 3. The van der Waals surface area contributed by atoms with Crippen molar-refractivity contribution in [1.29, 1.82) is 0 Å². The number of hydrogen-bond acceptors (Lipinski definition) is 5. The van der Waals surface area contributed by atoms with Gasteiger partial charge in [-0.2, -0.15) is 11.3 Å². The number of nitrogens with one attached hydrogen (secondary N) is 1. The van der Waals surface area contributed by atoms with Gasteiger partial charge in [0.1, 0.15) is 5.82 Å². The van der Waals surface area contributed by atoms with Crippen LogP contribution in [0.1, 0.15) is 22.0 Å². The highest BCUT2D eigenvalue weighted by Gasteiger charge is 2.39. The van der Waals surface area contributed by atoms with Crippen molar-refractivity contribution < 1.29 is 4.79 Å². The third-order valence-electron chi connectivity index (χ3n) is 5.56. The number of rotatable bonds is 4. The van der Waals surface area contributed by atoms with Crippen LogP contribution >= 0.6 is 11.3 Å². The van der Waals surface area contributed by atoms with Crippen molar-refractivity contribution in [2.45, 2.75) is 19.5 Å². The van der Waals surface area contributed by atoms with E-state index >= 15 is 0 Å². The first-order valence-electron chi connectivity index (χ1n) is 9.28. The molecule has 1 fully saturated rings. The molecule has 4 heterocycles. The highest BCUT2D eigenvalue weighted by molar-refractivity contribution is 7.07. The van der Waals surface area contributed by atoms with Crippen LogP contribution in [0.25, 0.3) is 0 Å². The molecule has 0 aliphatic carbocycles. The Bertz CT molecular complexity index is 937. The van der Waals surface area contributed by atoms with Crippen LogP contribution in [0.4, 0.5) is 5.69 Å². The maximum atomic E-state index is 12.7. The smallest absolute Gasteiger partial charge is 0.293 e. The maximum Gasteiger partial charge on any atom is 0.293 e. The Morgan fingerprint density at radius 1 is 1.11 bits per heavy atom. The molecule has 7 heteroatoms. The molecule has 2 aromatic heterocycles. The predicted molar refractivity (Wildman–Crippen MR) is 105 cm³/mol. The van der Waals surface area contributed by atoms with E-state index in [-0.39, 0.29) is 5.91 Å². The lowest BCUT2D eigenvalue weighted by Crippen LogP contribution is -2.31. The molecule has 5 rings (SSSR count). The van der Waals surface area contributed by atoms with Crippen LogP contribution in [0.2, 0.25) is 0 Å². The maximum absolute atomic E-state index is 12.7. The molecule has 27 heavy (non-hydrogen) atoms. The first-order chi connectivity index (χ1) is 13.3. The van der Waals surface area contributed by atoms with Gasteiger partial charge in [0.25, 0.3) is 5.91 Å². The Morgan fingerprint density at radius 3 is 2.78 bits per heavy atom. The number of likely N-dealkylation sites (tertiary alicyclic amines) is 1. The minimum atomic E-state index is -0.188. The molecule has 1 amide bonds. The Morgan fingerprint density at radius 2 is 1.96 bits per heavy atom. The normalized spacial score (nSPS) is 21.6. The van der Waals surface area contributed by atoms with Gasteiger partial charge in [0.15, 0.2) is 0 Å². The number of hydrogen-bond donors (Lipinski definition) is 1. The van der Waals surface area contributed by atoms with E-state index in [9.17, 15) is 4.79 Å². The van der Waals surface area contributed by atoms with Crippen LogP contribution in [0.3, 0.4) is 0 Å². The van der Waals surface area contributed by atoms with Crippen molar-refractivity contribution in [3.63, 3.8) is 0 Å². The minimum absolute atomic E-state index is 0.188. The first-order valence-corrected chi connectivity index (χ1v) is 10.2. The number of carbonyl (C=O) groups excluding carboxylic acids is 1. The van der Waals surface area contributed by atoms with Gasteiger partial charge in [-0.3, -0.25) is 9.69 Å². The number of anilines is 1. The minimum Gasteiger partial charge on any atom is -0.319 e. The summed E-state index contributed by atoms with van der Waals surface area (Å²) in [5.41, 5.74) is 2.16. The average molecular weight is 379 g/mol. The summed E-state index contributed by atoms with van der Waals surface area (Å²) in [7, 11) is 0. The zero-order valence-corrected chi connectivity index (χ0v) is 15.7. The fraction of sp³-hybridized carbons (Fsp3) is 0.350. The summed E-state index contributed by atoms with van der Waals surface area (Å²) in [4.78, 5) is 15.2. The average Bonchev–Trinajstić information content (AvgIpc) is 3.40. The van der Waals surface area contributed by atoms with Crippen LogP contribution in [0.5, 0.6) is 0 Å². The lowest BCUT2D eigenvalue weighted by Gasteiger charge is -2.25. The Kier molecular flexibility index (Phi) is 4.26. The number of benzene rings is 1. The Labute approximate surface area is 161 Å². The molecular weight excluding hydrogens is 358 g/mol. The molecule has 2 aliphatic rings. The van der Waals surface area contributed by atoms with E-state index in [0.717, 1.165) is 44.1 Å². The molecule has 0 radical (unpaired) electrons. The van der Waals surface area contributed by atoms with Crippen molar-refractivity contribution in [3.05, 3.63) is 64.4 Å². The van der Waals surface area contributed by atoms with Crippen molar-refractivity contribution in [2.75, 3.05) is 18.4 Å². The molecule has 6 nitrogen and oxygen atoms in total. The van der Waals surface area contributed by atoms with E-state index in [4.69, 9.17) is 0 Å². The van der Waals surface area contributed by atoms with Gasteiger partial charge in [0.2, 0.25) is 5.82 Å². The molecule has 1 saturated heterocycles. The molecular formula is C20H21N5OS. The predicted octanol–water partition coefficient (Wildman–Crippen LogP) is 2.90. The van der Waals surface area contributed by atoms with E-state index in [1.165, 1.54) is 5.56 Å². The van der Waals surface area contributed by atoms with Crippen molar-refractivity contribution in [1.82, 2.24) is 19.7 Å². The third-order valence-corrected chi connectivity index (χ3v) is 6.29. The standard InChI is InChI=1S/C20H21N5OS/c26-20(21-17-4-2-1-3-5-17)19-23-22-18-8-15-10-24(9-14-6-7-27-13-14)11-16(15)12-25(18)19/h1-7,13,15-16H,8-12H2,(H,21,26)/t15-,16-/m0/s1. The molecule has 1 aromatic carbocycles. The van der Waals surface area contributed by atoms with Crippen LogP contribution in [-0.4, -0.2) is 38.7 Å². The van der Waals surface area contributed by atoms with Crippen molar-refractivity contribution >= 4 is 22.9 Å². The van der Waals surface area contributed by atoms with Gasteiger partial charge < -0.3 is 9.88 Å². The second kappa shape index (κ2) is 6.90. The molecule has 0 spiro atoms. The second-order valence-electron chi connectivity index (χ2n) is 7.42. The number of thiophene rings is 1. The van der Waals surface area contributed by atoms with E-state index in [1.54, 1.807) is 11.3 Å². The lowest BCUT2D eigenvalue weighted by atomic mass is 9.89. The van der Waals surface area contributed by atoms with E-state index < -0.39 is 0 Å². The Hall–Kier alpha value is -2.51. The van der Waals surface area contributed by atoms with Gasteiger partial charge in [-0.05, 0) is 46.4 Å². The van der Waals surface area contributed by atoms with E-state index in [1.807, 2.05) is 34.9 Å². The second-order valence-corrected chi connectivity index (χ2v) is 8.20. The third kappa shape index (κ3) is 3.28. The molecule has 1 N–H and O–H groups in total. The fourth-order valence-corrected chi connectivity index (χ4v) is 4.93. The largest absolute Gasteiger partial charge is 0.319 e. The number of amides is 1. The van der Waals surface area contributed by atoms with Gasteiger partial charge in [-0.15, -0.1) is 10.2 Å². The van der Waals surface area contributed by atoms with Gasteiger partial charge in [0.05, 0.1) is 0 Å². The summed E-state index contributed by atoms with van der Waals surface area (Å²) >= 11 is 1.75. The number of nitrogens with zero attached hydrogens (tertiary/aromatic N) is 4. The number of para-hydroxylation sites is 1. The van der Waals surface area contributed by atoms with E-state index in [0.29, 0.717) is 17.7 Å². The van der Waals surface area contributed by atoms with Crippen molar-refractivity contribution in [3.8, 4) is 0 Å². The summed E-state index contributed by atoms with van der Waals surface area (Å²) in [5, 5.41) is 15.8. The monoisotopic (exact) mass is 379 g/mol. The van der Waals surface area contributed by atoms with Crippen LogP contribution in [0.15, 0.2) is 47.2 Å². The van der Waals surface area contributed by atoms with Gasteiger partial charge in [0, 0.05) is 38.3 Å². The van der Waals surface area contributed by atoms with Gasteiger partial charge in [-0.1, -0.05) is 18.2 Å². The fourth-order valence-electron chi connectivity index (χ4n) is 4.27.